The van der Waals surface area contributed by atoms with Crippen LogP contribution in [0.3, 0.4) is 0 Å². The van der Waals surface area contributed by atoms with Crippen LogP contribution in [0.15, 0.2) is 96.3 Å². The molecule has 1 aliphatic heterocycles. The average molecular weight is 533 g/mol. The molecule has 37 heavy (non-hydrogen) atoms. The largest absolute Gasteiger partial charge is 0.509 e. The number of benzene rings is 4. The number of amides is 1. The van der Waals surface area contributed by atoms with Gasteiger partial charge in [0.1, 0.15) is 11.9 Å². The van der Waals surface area contributed by atoms with Gasteiger partial charge in [0.15, 0.2) is 0 Å². The topological polar surface area (TPSA) is 72.8 Å². The smallest absolute Gasteiger partial charge is 0.260 e. The van der Waals surface area contributed by atoms with Crippen LogP contribution in [0.5, 0.6) is 0 Å². The van der Waals surface area contributed by atoms with Crippen molar-refractivity contribution in [2.75, 3.05) is 16.8 Å². The molecule has 2 unspecified atom stereocenters. The highest BCUT2D eigenvalue weighted by atomic mass is 35.5. The van der Waals surface area contributed by atoms with Gasteiger partial charge in [-0.15, -0.1) is 0 Å². The van der Waals surface area contributed by atoms with Crippen LogP contribution in [0.25, 0.3) is 10.8 Å². The summed E-state index contributed by atoms with van der Waals surface area (Å²) in [4.78, 5) is 15.1. The van der Waals surface area contributed by atoms with Gasteiger partial charge in [-0.1, -0.05) is 71.7 Å². The molecule has 0 spiro atoms. The Morgan fingerprint density at radius 2 is 1.70 bits per heavy atom. The molecule has 5 nitrogen and oxygen atoms in total. The van der Waals surface area contributed by atoms with Crippen molar-refractivity contribution >= 4 is 51.3 Å². The summed E-state index contributed by atoms with van der Waals surface area (Å²) in [5, 5.41) is 29.4. The Morgan fingerprint density at radius 1 is 0.973 bits per heavy atom. The number of hydrogen-bond acceptors (Lipinski definition) is 4. The molecule has 0 bridgehead atoms. The Kier molecular flexibility index (Phi) is 7.11. The van der Waals surface area contributed by atoms with E-state index < -0.39 is 18.1 Å². The molecule has 0 saturated carbocycles. The van der Waals surface area contributed by atoms with Gasteiger partial charge < -0.3 is 20.4 Å². The minimum Gasteiger partial charge on any atom is -0.509 e. The first kappa shape index (κ1) is 25.2. The summed E-state index contributed by atoms with van der Waals surface area (Å²) in [6.07, 6.45) is -1.02. The summed E-state index contributed by atoms with van der Waals surface area (Å²) >= 11 is 12.5. The second-order valence-corrected chi connectivity index (χ2v) is 9.86. The number of aliphatic hydroxyl groups excluding tert-OH is 2. The zero-order valence-electron chi connectivity index (χ0n) is 20.2. The molecule has 1 amide bonds. The number of hydrogen-bond donors (Lipinski definition) is 3. The van der Waals surface area contributed by atoms with Crippen molar-refractivity contribution in [2.45, 2.75) is 25.5 Å². The Bertz CT molecular complexity index is 1500. The molecule has 4 aromatic carbocycles. The van der Waals surface area contributed by atoms with Gasteiger partial charge in [-0.25, -0.2) is 0 Å². The predicted molar refractivity (Wildman–Crippen MR) is 151 cm³/mol. The van der Waals surface area contributed by atoms with Crippen LogP contribution in [0.1, 0.15) is 24.2 Å². The third-order valence-corrected chi connectivity index (χ3v) is 7.29. The highest BCUT2D eigenvalue weighted by Gasteiger charge is 2.39. The highest BCUT2D eigenvalue weighted by molar-refractivity contribution is 6.32. The van der Waals surface area contributed by atoms with Gasteiger partial charge >= 0.3 is 0 Å². The molecule has 0 aromatic heterocycles. The summed E-state index contributed by atoms with van der Waals surface area (Å²) in [5.41, 5.74) is 2.53. The van der Waals surface area contributed by atoms with E-state index in [1.807, 2.05) is 61.5 Å². The number of likely N-dealkylation sites (N-methyl/N-ethyl adjacent to an activating group) is 1. The zero-order valence-corrected chi connectivity index (χ0v) is 21.7. The Morgan fingerprint density at radius 3 is 2.43 bits per heavy atom. The van der Waals surface area contributed by atoms with Crippen molar-refractivity contribution < 1.29 is 15.0 Å². The Labute approximate surface area is 225 Å². The summed E-state index contributed by atoms with van der Waals surface area (Å²) in [6.45, 7) is 2.20. The van der Waals surface area contributed by atoms with E-state index in [2.05, 4.69) is 5.32 Å². The number of rotatable bonds is 6. The van der Waals surface area contributed by atoms with Crippen LogP contribution in [-0.4, -0.2) is 28.7 Å². The molecule has 5 rings (SSSR count). The summed E-state index contributed by atoms with van der Waals surface area (Å²) in [5.74, 6) is -0.687. The quantitative estimate of drug-likeness (QED) is 0.183. The molecule has 0 fully saturated rings. The SMILES string of the molecule is CCN1C(=O)C(=C(O)C(Cc2ccc(Cl)cc2)Nc2ccc3ccccc3c2)C(O)c2c(Cl)cccc21. The van der Waals surface area contributed by atoms with E-state index in [-0.39, 0.29) is 11.3 Å². The lowest BCUT2D eigenvalue weighted by Gasteiger charge is -2.35. The second-order valence-electron chi connectivity index (χ2n) is 9.01. The van der Waals surface area contributed by atoms with Gasteiger partial charge in [0.2, 0.25) is 0 Å². The first-order valence-electron chi connectivity index (χ1n) is 12.1. The molecule has 0 saturated heterocycles. The molecular weight excluding hydrogens is 507 g/mol. The standard InChI is InChI=1S/C30H26Cl2N2O3/c1-2-34-25-9-5-8-23(32)26(25)29(36)27(30(34)37)28(35)24(16-18-10-13-21(31)14-11-18)33-22-15-12-19-6-3-4-7-20(19)17-22/h3-15,17,24,29,33,35-36H,2,16H2,1H3. The summed E-state index contributed by atoms with van der Waals surface area (Å²) in [6, 6.07) is 25.7. The van der Waals surface area contributed by atoms with Crippen LogP contribution in [0, 0.1) is 0 Å². The van der Waals surface area contributed by atoms with Gasteiger partial charge in [-0.3, -0.25) is 4.79 Å². The van der Waals surface area contributed by atoms with E-state index in [9.17, 15) is 15.0 Å². The molecule has 188 valence electrons. The van der Waals surface area contributed by atoms with Crippen molar-refractivity contribution in [2.24, 2.45) is 0 Å². The van der Waals surface area contributed by atoms with Crippen molar-refractivity contribution in [1.29, 1.82) is 0 Å². The number of nitrogens with zero attached hydrogens (tertiary/aromatic N) is 1. The van der Waals surface area contributed by atoms with Gasteiger partial charge in [-0.05, 0) is 66.1 Å². The zero-order chi connectivity index (χ0) is 26.1. The number of aliphatic hydroxyl groups is 2. The molecule has 0 radical (unpaired) electrons. The number of carbonyl (C=O) groups excluding carboxylic acids is 1. The van der Waals surface area contributed by atoms with Crippen LogP contribution in [0.2, 0.25) is 10.0 Å². The molecule has 2 atom stereocenters. The van der Waals surface area contributed by atoms with Crippen LogP contribution in [-0.2, 0) is 11.2 Å². The summed E-state index contributed by atoms with van der Waals surface area (Å²) in [7, 11) is 0. The van der Waals surface area contributed by atoms with Crippen LogP contribution < -0.4 is 10.2 Å². The van der Waals surface area contributed by atoms with Crippen molar-refractivity contribution in [3.8, 4) is 0 Å². The van der Waals surface area contributed by atoms with Gasteiger partial charge in [0, 0.05) is 27.8 Å². The van der Waals surface area contributed by atoms with E-state index in [1.54, 1.807) is 30.3 Å². The third kappa shape index (κ3) is 4.90. The first-order chi connectivity index (χ1) is 17.9. The van der Waals surface area contributed by atoms with Gasteiger partial charge in [-0.2, -0.15) is 0 Å². The van der Waals surface area contributed by atoms with Crippen LogP contribution in [0.4, 0.5) is 11.4 Å². The molecule has 0 aliphatic carbocycles. The first-order valence-corrected chi connectivity index (χ1v) is 12.8. The van der Waals surface area contributed by atoms with E-state index in [0.717, 1.165) is 22.0 Å². The van der Waals surface area contributed by atoms with Crippen molar-refractivity contribution in [3.05, 3.63) is 117 Å². The Hall–Kier alpha value is -3.51. The number of anilines is 2. The summed E-state index contributed by atoms with van der Waals surface area (Å²) < 4.78 is 0. The number of fused-ring (bicyclic) bond motifs is 2. The maximum Gasteiger partial charge on any atom is 0.260 e. The lowest BCUT2D eigenvalue weighted by Crippen LogP contribution is -2.41. The maximum atomic E-state index is 13.6. The normalized spacial score (nSPS) is 17.5. The molecular formula is C30H26Cl2N2O3. The third-order valence-electron chi connectivity index (χ3n) is 6.71. The monoisotopic (exact) mass is 532 g/mol. The van der Waals surface area contributed by atoms with Gasteiger partial charge in [0.05, 0.1) is 17.3 Å². The molecule has 7 heteroatoms. The second kappa shape index (κ2) is 10.5. The molecule has 4 aromatic rings. The fourth-order valence-electron chi connectivity index (χ4n) is 4.85. The molecule has 3 N–H and O–H groups in total. The van der Waals surface area contributed by atoms with Crippen molar-refractivity contribution in [1.82, 2.24) is 0 Å². The van der Waals surface area contributed by atoms with E-state index >= 15 is 0 Å². The van der Waals surface area contributed by atoms with E-state index in [0.29, 0.717) is 34.3 Å². The number of halogens is 2. The Balaban J connectivity index is 1.60. The minimum absolute atomic E-state index is 0.0882. The average Bonchev–Trinajstić information content (AvgIpc) is 2.89. The number of nitrogens with one attached hydrogen (secondary N) is 1. The van der Waals surface area contributed by atoms with E-state index in [4.69, 9.17) is 23.2 Å². The molecule has 1 aliphatic rings. The predicted octanol–water partition coefficient (Wildman–Crippen LogP) is 7.08. The van der Waals surface area contributed by atoms with Gasteiger partial charge in [0.25, 0.3) is 5.91 Å². The number of carbonyl (C=O) groups is 1. The lowest BCUT2D eigenvalue weighted by atomic mass is 9.89. The molecule has 1 heterocycles. The minimum atomic E-state index is -1.37. The lowest BCUT2D eigenvalue weighted by molar-refractivity contribution is -0.116. The maximum absolute atomic E-state index is 13.6. The van der Waals surface area contributed by atoms with E-state index in [1.165, 1.54) is 4.90 Å². The van der Waals surface area contributed by atoms with Crippen molar-refractivity contribution in [3.63, 3.8) is 0 Å². The fourth-order valence-corrected chi connectivity index (χ4v) is 5.25. The highest BCUT2D eigenvalue weighted by Crippen LogP contribution is 2.43. The van der Waals surface area contributed by atoms with Crippen LogP contribution >= 0.6 is 23.2 Å². The fraction of sp³-hybridized carbons (Fsp3) is 0.167.